The van der Waals surface area contributed by atoms with Crippen molar-refractivity contribution in [2.75, 3.05) is 37.6 Å². The van der Waals surface area contributed by atoms with Crippen LogP contribution in [0.4, 0.5) is 11.4 Å². The first-order chi connectivity index (χ1) is 25.4. The van der Waals surface area contributed by atoms with Crippen molar-refractivity contribution >= 4 is 17.3 Å². The molecule has 0 bridgehead atoms. The number of carbonyl (C=O) groups excluding carboxylic acids is 1. The Kier molecular flexibility index (Phi) is 10.9. The number of aliphatic hydroxyl groups is 1. The lowest BCUT2D eigenvalue weighted by molar-refractivity contribution is -0.384. The van der Waals surface area contributed by atoms with Gasteiger partial charge in [0.1, 0.15) is 0 Å². The van der Waals surface area contributed by atoms with Crippen molar-refractivity contribution in [2.24, 2.45) is 0 Å². The molecule has 11 nitrogen and oxygen atoms in total. The van der Waals surface area contributed by atoms with E-state index in [0.717, 1.165) is 71.8 Å². The lowest BCUT2D eigenvalue weighted by atomic mass is 9.98. The number of nitro groups is 1. The molecule has 52 heavy (non-hydrogen) atoms. The molecular weight excluding hydrogens is 658 g/mol. The number of non-ortho nitro benzene ring substituents is 1. The summed E-state index contributed by atoms with van der Waals surface area (Å²) in [5.74, 6) is -0.173. The van der Waals surface area contributed by atoms with Crippen molar-refractivity contribution in [2.45, 2.75) is 38.1 Å². The minimum Gasteiger partial charge on any atom is -0.392 e. The van der Waals surface area contributed by atoms with Gasteiger partial charge in [0, 0.05) is 81.5 Å². The molecule has 4 aromatic carbocycles. The molecule has 0 radical (unpaired) electrons. The number of nitrogens with zero attached hydrogens (tertiary/aromatic N) is 4. The number of hydrogen-bond acceptors (Lipinski definition) is 9. The van der Waals surface area contributed by atoms with E-state index in [0.29, 0.717) is 18.5 Å². The number of rotatable bonds is 11. The predicted octanol–water partition coefficient (Wildman–Crippen LogP) is 6.45. The van der Waals surface area contributed by atoms with Crippen LogP contribution < -0.4 is 10.2 Å². The molecule has 11 heteroatoms. The van der Waals surface area contributed by atoms with Crippen LogP contribution in [0.5, 0.6) is 0 Å². The predicted molar refractivity (Wildman–Crippen MR) is 197 cm³/mol. The van der Waals surface area contributed by atoms with Gasteiger partial charge >= 0.3 is 0 Å². The van der Waals surface area contributed by atoms with E-state index in [-0.39, 0.29) is 35.3 Å². The number of pyridine rings is 1. The van der Waals surface area contributed by atoms with Crippen LogP contribution in [0.1, 0.15) is 51.4 Å². The summed E-state index contributed by atoms with van der Waals surface area (Å²) in [4.78, 5) is 32.0. The summed E-state index contributed by atoms with van der Waals surface area (Å²) in [6.45, 7) is 4.41. The Morgan fingerprint density at radius 2 is 1.60 bits per heavy atom. The number of ether oxygens (including phenoxy) is 2. The molecule has 2 aliphatic heterocycles. The molecule has 7 rings (SSSR count). The Morgan fingerprint density at radius 3 is 2.31 bits per heavy atom. The van der Waals surface area contributed by atoms with Crippen LogP contribution in [-0.2, 0) is 22.6 Å². The third kappa shape index (κ3) is 8.52. The highest BCUT2D eigenvalue weighted by Crippen LogP contribution is 2.39. The van der Waals surface area contributed by atoms with Gasteiger partial charge in [-0.1, -0.05) is 60.7 Å². The molecule has 0 saturated carbocycles. The second-order valence-corrected chi connectivity index (χ2v) is 13.2. The summed E-state index contributed by atoms with van der Waals surface area (Å²) in [6, 6.07) is 34.5. The van der Waals surface area contributed by atoms with Crippen LogP contribution in [-0.4, -0.2) is 64.6 Å². The van der Waals surface area contributed by atoms with Gasteiger partial charge in [-0.15, -0.1) is 0 Å². The van der Waals surface area contributed by atoms with Gasteiger partial charge in [0.05, 0.1) is 29.3 Å². The first-order valence-electron chi connectivity index (χ1n) is 17.5. The average molecular weight is 700 g/mol. The van der Waals surface area contributed by atoms with Gasteiger partial charge in [0.25, 0.3) is 11.6 Å². The first-order valence-corrected chi connectivity index (χ1v) is 17.5. The third-order valence-corrected chi connectivity index (χ3v) is 9.67. The average Bonchev–Trinajstić information content (AvgIpc) is 3.20. The fourth-order valence-corrected chi connectivity index (χ4v) is 6.80. The van der Waals surface area contributed by atoms with E-state index in [1.807, 2.05) is 60.7 Å². The Hall–Kier alpha value is -5.46. The molecule has 0 unspecified atom stereocenters. The van der Waals surface area contributed by atoms with Crippen LogP contribution in [0.15, 0.2) is 122 Å². The van der Waals surface area contributed by atoms with E-state index in [1.54, 1.807) is 36.7 Å². The summed E-state index contributed by atoms with van der Waals surface area (Å²) in [7, 11) is 0. The highest BCUT2D eigenvalue weighted by molar-refractivity contribution is 5.93. The van der Waals surface area contributed by atoms with Crippen molar-refractivity contribution in [1.82, 2.24) is 15.2 Å². The molecular formula is C41H41N5O6. The zero-order valence-electron chi connectivity index (χ0n) is 28.7. The monoisotopic (exact) mass is 699 g/mol. The standard InChI is InChI=1S/C41H41N5O6/c47-28-29-9-11-31(12-10-29)39-24-38(27-44-18-20-45(21-19-44)36-13-15-37(16-14-36)46(49)50)51-41(52-39)34-7-2-6-33(23-34)32-5-1-4-30(22-32)25-43-40(48)35-8-3-17-42-26-35/h1-17,22-23,26,38-39,41,47H,18-21,24-25,27-28H2,(H,43,48)/t38-,39+,41+/m0/s1. The maximum Gasteiger partial charge on any atom is 0.269 e. The zero-order chi connectivity index (χ0) is 35.9. The molecule has 266 valence electrons. The van der Waals surface area contributed by atoms with Gasteiger partial charge in [-0.25, -0.2) is 0 Å². The molecule has 2 saturated heterocycles. The molecule has 0 spiro atoms. The van der Waals surface area contributed by atoms with Crippen molar-refractivity contribution in [3.05, 3.63) is 160 Å². The summed E-state index contributed by atoms with van der Waals surface area (Å²) in [5, 5.41) is 23.7. The van der Waals surface area contributed by atoms with Crippen LogP contribution in [0.25, 0.3) is 11.1 Å². The normalized spacial score (nSPS) is 19.2. The lowest BCUT2D eigenvalue weighted by Crippen LogP contribution is -2.49. The molecule has 1 amide bonds. The minimum absolute atomic E-state index is 0.0170. The highest BCUT2D eigenvalue weighted by atomic mass is 16.7. The third-order valence-electron chi connectivity index (χ3n) is 9.67. The van der Waals surface area contributed by atoms with Crippen LogP contribution in [0, 0.1) is 10.1 Å². The van der Waals surface area contributed by atoms with Gasteiger partial charge < -0.3 is 24.8 Å². The van der Waals surface area contributed by atoms with E-state index in [4.69, 9.17) is 9.47 Å². The molecule has 3 atom stereocenters. The molecule has 5 aromatic rings. The number of aromatic nitrogens is 1. The van der Waals surface area contributed by atoms with Crippen molar-refractivity contribution in [3.8, 4) is 11.1 Å². The van der Waals surface area contributed by atoms with Crippen molar-refractivity contribution in [3.63, 3.8) is 0 Å². The number of aliphatic hydroxyl groups excluding tert-OH is 1. The van der Waals surface area contributed by atoms with E-state index >= 15 is 0 Å². The van der Waals surface area contributed by atoms with Crippen LogP contribution in [0.2, 0.25) is 0 Å². The minimum atomic E-state index is -0.593. The second-order valence-electron chi connectivity index (χ2n) is 13.2. The SMILES string of the molecule is O=C(NCc1cccc(-c2cccc([C@@H]3O[C@H](CN4CCN(c5ccc([N+](=O)[O-])cc5)CC4)C[C@H](c4ccc(CO)cc4)O3)c2)c1)c1cccnc1. The Bertz CT molecular complexity index is 1970. The van der Waals surface area contributed by atoms with Gasteiger partial charge in [0.2, 0.25) is 0 Å². The van der Waals surface area contributed by atoms with E-state index < -0.39 is 6.29 Å². The van der Waals surface area contributed by atoms with Gasteiger partial charge in [-0.05, 0) is 64.2 Å². The van der Waals surface area contributed by atoms with Crippen molar-refractivity contribution < 1.29 is 24.3 Å². The smallest absolute Gasteiger partial charge is 0.269 e. The van der Waals surface area contributed by atoms with Crippen LogP contribution >= 0.6 is 0 Å². The highest BCUT2D eigenvalue weighted by Gasteiger charge is 2.34. The quantitative estimate of drug-likeness (QED) is 0.118. The summed E-state index contributed by atoms with van der Waals surface area (Å²) in [5.41, 5.74) is 7.40. The van der Waals surface area contributed by atoms with Crippen molar-refractivity contribution in [1.29, 1.82) is 0 Å². The maximum absolute atomic E-state index is 12.6. The van der Waals surface area contributed by atoms with E-state index in [9.17, 15) is 20.0 Å². The summed E-state index contributed by atoms with van der Waals surface area (Å²) < 4.78 is 13.4. The number of benzene rings is 4. The number of nitro benzene ring substituents is 1. The lowest BCUT2D eigenvalue weighted by Gasteiger charge is -2.41. The molecule has 2 aliphatic rings. The fraction of sp³-hybridized carbons (Fsp3) is 0.268. The van der Waals surface area contributed by atoms with Crippen LogP contribution in [0.3, 0.4) is 0 Å². The van der Waals surface area contributed by atoms with Gasteiger partial charge in [-0.2, -0.15) is 0 Å². The number of piperazine rings is 1. The molecule has 2 fully saturated rings. The maximum atomic E-state index is 12.6. The number of anilines is 1. The molecule has 3 heterocycles. The zero-order valence-corrected chi connectivity index (χ0v) is 28.7. The topological polar surface area (TPSA) is 130 Å². The van der Waals surface area contributed by atoms with E-state index in [2.05, 4.69) is 44.4 Å². The summed E-state index contributed by atoms with van der Waals surface area (Å²) >= 11 is 0. The number of amides is 1. The largest absolute Gasteiger partial charge is 0.392 e. The van der Waals surface area contributed by atoms with Gasteiger partial charge in [-0.3, -0.25) is 24.8 Å². The number of carbonyl (C=O) groups is 1. The fourth-order valence-electron chi connectivity index (χ4n) is 6.80. The molecule has 2 N–H and O–H groups in total. The Labute approximate surface area is 302 Å². The second kappa shape index (κ2) is 16.3. The molecule has 1 aromatic heterocycles. The van der Waals surface area contributed by atoms with E-state index in [1.165, 1.54) is 0 Å². The number of hydrogen-bond donors (Lipinski definition) is 2. The number of nitrogens with one attached hydrogen (secondary N) is 1. The Morgan fingerprint density at radius 1 is 0.846 bits per heavy atom. The summed E-state index contributed by atoms with van der Waals surface area (Å²) in [6.07, 6.45) is 2.99. The Balaban J connectivity index is 1.05. The van der Waals surface area contributed by atoms with Gasteiger partial charge in [0.15, 0.2) is 6.29 Å². The first kappa shape index (κ1) is 35.0. The molecule has 0 aliphatic carbocycles.